The first-order valence-corrected chi connectivity index (χ1v) is 5.98. The van der Waals surface area contributed by atoms with E-state index in [0.717, 1.165) is 23.3 Å². The van der Waals surface area contributed by atoms with E-state index in [4.69, 9.17) is 0 Å². The molecule has 104 valence electrons. The van der Waals surface area contributed by atoms with Crippen molar-refractivity contribution in [2.24, 2.45) is 5.10 Å². The summed E-state index contributed by atoms with van der Waals surface area (Å²) < 4.78 is 37.1. The van der Waals surface area contributed by atoms with Crippen LogP contribution in [0.5, 0.6) is 0 Å². The van der Waals surface area contributed by atoms with Gasteiger partial charge >= 0.3 is 6.18 Å². The molecule has 0 aliphatic heterocycles. The summed E-state index contributed by atoms with van der Waals surface area (Å²) in [6.07, 6.45) is -2.70. The van der Waals surface area contributed by atoms with Crippen molar-refractivity contribution in [3.63, 3.8) is 0 Å². The molecule has 0 saturated heterocycles. The number of nitrogens with zero attached hydrogens (tertiary/aromatic N) is 1. The Labute approximate surface area is 114 Å². The van der Waals surface area contributed by atoms with E-state index in [9.17, 15) is 13.2 Å². The minimum absolute atomic E-state index is 0.502. The standard InChI is InChI=1S/C15H13F3N2/c1-11-3-2-4-12(9-11)10-19-20-14-7-5-13(6-8-14)15(16,17)18/h2-10,20H,1H3/b19-10+. The van der Waals surface area contributed by atoms with Gasteiger partial charge in [-0.3, -0.25) is 5.43 Å². The van der Waals surface area contributed by atoms with Gasteiger partial charge in [-0.1, -0.05) is 29.8 Å². The molecule has 2 nitrogen and oxygen atoms in total. The van der Waals surface area contributed by atoms with E-state index in [2.05, 4.69) is 10.5 Å². The second-order valence-corrected chi connectivity index (χ2v) is 4.36. The predicted octanol–water partition coefficient (Wildman–Crippen LogP) is 4.46. The molecule has 0 radical (unpaired) electrons. The van der Waals surface area contributed by atoms with Gasteiger partial charge in [-0.2, -0.15) is 18.3 Å². The Morgan fingerprint density at radius 1 is 1.05 bits per heavy atom. The Kier molecular flexibility index (Phi) is 4.08. The van der Waals surface area contributed by atoms with Crippen LogP contribution in [0.25, 0.3) is 0 Å². The lowest BCUT2D eigenvalue weighted by Crippen LogP contribution is -2.04. The highest BCUT2D eigenvalue weighted by molar-refractivity contribution is 5.80. The number of rotatable bonds is 3. The zero-order valence-corrected chi connectivity index (χ0v) is 10.8. The Balaban J connectivity index is 2.01. The number of halogens is 3. The fourth-order valence-corrected chi connectivity index (χ4v) is 1.67. The molecule has 0 aliphatic carbocycles. The van der Waals surface area contributed by atoms with Gasteiger partial charge in [-0.05, 0) is 36.8 Å². The lowest BCUT2D eigenvalue weighted by molar-refractivity contribution is -0.137. The molecule has 0 atom stereocenters. The molecule has 0 heterocycles. The van der Waals surface area contributed by atoms with Gasteiger partial charge in [0.05, 0.1) is 17.5 Å². The van der Waals surface area contributed by atoms with Crippen LogP contribution in [0.4, 0.5) is 18.9 Å². The van der Waals surface area contributed by atoms with Crippen LogP contribution in [0.15, 0.2) is 53.6 Å². The Bertz CT molecular complexity index is 601. The molecule has 0 aromatic heterocycles. The number of anilines is 1. The van der Waals surface area contributed by atoms with Crippen LogP contribution in [-0.2, 0) is 6.18 Å². The van der Waals surface area contributed by atoms with Crippen molar-refractivity contribution in [1.82, 2.24) is 0 Å². The molecular weight excluding hydrogens is 265 g/mol. The predicted molar refractivity (Wildman–Crippen MR) is 73.8 cm³/mol. The number of hydrogen-bond donors (Lipinski definition) is 1. The van der Waals surface area contributed by atoms with Crippen LogP contribution < -0.4 is 5.43 Å². The minimum Gasteiger partial charge on any atom is -0.279 e. The van der Waals surface area contributed by atoms with Crippen molar-refractivity contribution in [1.29, 1.82) is 0 Å². The molecule has 0 saturated carbocycles. The van der Waals surface area contributed by atoms with Crippen LogP contribution in [0, 0.1) is 6.92 Å². The normalized spacial score (nSPS) is 11.8. The number of benzene rings is 2. The topological polar surface area (TPSA) is 24.4 Å². The number of hydrazone groups is 1. The number of hydrogen-bond acceptors (Lipinski definition) is 2. The van der Waals surface area contributed by atoms with Crippen LogP contribution >= 0.6 is 0 Å². The third-order valence-corrected chi connectivity index (χ3v) is 2.66. The van der Waals surface area contributed by atoms with E-state index >= 15 is 0 Å². The average Bonchev–Trinajstić information content (AvgIpc) is 2.38. The summed E-state index contributed by atoms with van der Waals surface area (Å²) in [6, 6.07) is 12.5. The molecule has 5 heteroatoms. The summed E-state index contributed by atoms with van der Waals surface area (Å²) in [5, 5.41) is 3.99. The van der Waals surface area contributed by atoms with Crippen molar-refractivity contribution < 1.29 is 13.2 Å². The number of nitrogens with one attached hydrogen (secondary N) is 1. The van der Waals surface area contributed by atoms with Crippen molar-refractivity contribution in [3.05, 3.63) is 65.2 Å². The van der Waals surface area contributed by atoms with Crippen molar-refractivity contribution in [3.8, 4) is 0 Å². The van der Waals surface area contributed by atoms with Gasteiger partial charge in [0.1, 0.15) is 0 Å². The first kappa shape index (κ1) is 14.1. The van der Waals surface area contributed by atoms with E-state index in [1.807, 2.05) is 31.2 Å². The number of aryl methyl sites for hydroxylation is 1. The highest BCUT2D eigenvalue weighted by atomic mass is 19.4. The molecule has 0 aliphatic rings. The molecule has 0 amide bonds. The monoisotopic (exact) mass is 278 g/mol. The molecule has 0 spiro atoms. The quantitative estimate of drug-likeness (QED) is 0.650. The average molecular weight is 278 g/mol. The smallest absolute Gasteiger partial charge is 0.279 e. The second-order valence-electron chi connectivity index (χ2n) is 4.36. The van der Waals surface area contributed by atoms with Crippen LogP contribution in [0.3, 0.4) is 0 Å². The maximum absolute atomic E-state index is 12.4. The Morgan fingerprint density at radius 3 is 2.35 bits per heavy atom. The Morgan fingerprint density at radius 2 is 1.75 bits per heavy atom. The summed E-state index contributed by atoms with van der Waals surface area (Å²) in [4.78, 5) is 0. The van der Waals surface area contributed by atoms with Gasteiger partial charge in [-0.25, -0.2) is 0 Å². The van der Waals surface area contributed by atoms with Gasteiger partial charge in [0.2, 0.25) is 0 Å². The van der Waals surface area contributed by atoms with E-state index in [1.165, 1.54) is 12.1 Å². The molecule has 0 unspecified atom stereocenters. The lowest BCUT2D eigenvalue weighted by Gasteiger charge is -2.07. The lowest BCUT2D eigenvalue weighted by atomic mass is 10.2. The van der Waals surface area contributed by atoms with Crippen molar-refractivity contribution in [2.75, 3.05) is 5.43 Å². The number of alkyl halides is 3. The molecule has 20 heavy (non-hydrogen) atoms. The molecule has 0 fully saturated rings. The van der Waals surface area contributed by atoms with Crippen LogP contribution in [-0.4, -0.2) is 6.21 Å². The minimum atomic E-state index is -4.32. The maximum atomic E-state index is 12.4. The van der Waals surface area contributed by atoms with Gasteiger partial charge in [0, 0.05) is 0 Å². The molecule has 1 N–H and O–H groups in total. The second kappa shape index (κ2) is 5.77. The third kappa shape index (κ3) is 3.85. The van der Waals surface area contributed by atoms with Gasteiger partial charge in [0.25, 0.3) is 0 Å². The van der Waals surface area contributed by atoms with E-state index in [1.54, 1.807) is 6.21 Å². The van der Waals surface area contributed by atoms with Gasteiger partial charge in [-0.15, -0.1) is 0 Å². The molecule has 0 bridgehead atoms. The highest BCUT2D eigenvalue weighted by Gasteiger charge is 2.29. The summed E-state index contributed by atoms with van der Waals surface area (Å²) in [5.41, 5.74) is 4.55. The van der Waals surface area contributed by atoms with E-state index < -0.39 is 11.7 Å². The summed E-state index contributed by atoms with van der Waals surface area (Å²) in [7, 11) is 0. The summed E-state index contributed by atoms with van der Waals surface area (Å²) in [6.45, 7) is 1.97. The summed E-state index contributed by atoms with van der Waals surface area (Å²) >= 11 is 0. The zero-order chi connectivity index (χ0) is 14.6. The first-order valence-electron chi connectivity index (χ1n) is 5.98. The van der Waals surface area contributed by atoms with Gasteiger partial charge < -0.3 is 0 Å². The van der Waals surface area contributed by atoms with Crippen molar-refractivity contribution in [2.45, 2.75) is 13.1 Å². The fourth-order valence-electron chi connectivity index (χ4n) is 1.67. The SMILES string of the molecule is Cc1cccc(/C=N/Nc2ccc(C(F)(F)F)cc2)c1. The van der Waals surface area contributed by atoms with E-state index in [-0.39, 0.29) is 0 Å². The van der Waals surface area contributed by atoms with E-state index in [0.29, 0.717) is 5.69 Å². The molecule has 2 aromatic carbocycles. The fraction of sp³-hybridized carbons (Fsp3) is 0.133. The molecule has 2 rings (SSSR count). The van der Waals surface area contributed by atoms with Crippen LogP contribution in [0.1, 0.15) is 16.7 Å². The molecule has 2 aromatic rings. The third-order valence-electron chi connectivity index (χ3n) is 2.66. The van der Waals surface area contributed by atoms with Crippen LogP contribution in [0.2, 0.25) is 0 Å². The largest absolute Gasteiger partial charge is 0.416 e. The highest BCUT2D eigenvalue weighted by Crippen LogP contribution is 2.29. The first-order chi connectivity index (χ1) is 9.45. The summed E-state index contributed by atoms with van der Waals surface area (Å²) in [5.74, 6) is 0. The van der Waals surface area contributed by atoms with Gasteiger partial charge in [0.15, 0.2) is 0 Å². The van der Waals surface area contributed by atoms with Crippen molar-refractivity contribution >= 4 is 11.9 Å². The zero-order valence-electron chi connectivity index (χ0n) is 10.8. The Hall–Kier alpha value is -2.30. The maximum Gasteiger partial charge on any atom is 0.416 e. The molecular formula is C15H13F3N2.